The highest BCUT2D eigenvalue weighted by Gasteiger charge is 2.28. The lowest BCUT2D eigenvalue weighted by Gasteiger charge is -2.18. The zero-order valence-corrected chi connectivity index (χ0v) is 17.0. The highest BCUT2D eigenvalue weighted by atomic mass is 79.9. The lowest BCUT2D eigenvalue weighted by molar-refractivity contribution is 0.0786. The fourth-order valence-electron chi connectivity index (χ4n) is 3.40. The van der Waals surface area contributed by atoms with Crippen LogP contribution in [-0.2, 0) is 13.5 Å². The number of nitrogens with zero attached hydrogens (tertiary/aromatic N) is 3. The van der Waals surface area contributed by atoms with E-state index >= 15 is 0 Å². The van der Waals surface area contributed by atoms with Crippen molar-refractivity contribution in [1.29, 1.82) is 0 Å². The van der Waals surface area contributed by atoms with Crippen molar-refractivity contribution in [3.8, 4) is 11.5 Å². The molecule has 1 aromatic carbocycles. The molecule has 26 heavy (non-hydrogen) atoms. The average molecular weight is 422 g/mol. The molecule has 0 radical (unpaired) electrons. The van der Waals surface area contributed by atoms with Crippen LogP contribution in [0, 0.1) is 5.92 Å². The van der Waals surface area contributed by atoms with Gasteiger partial charge in [-0.2, -0.15) is 5.10 Å². The second-order valence-corrected chi connectivity index (χ2v) is 7.41. The smallest absolute Gasteiger partial charge is 0.254 e. The summed E-state index contributed by atoms with van der Waals surface area (Å²) in [5, 5.41) is 4.22. The minimum Gasteiger partial charge on any atom is -0.493 e. The van der Waals surface area contributed by atoms with E-state index < -0.39 is 0 Å². The SMILES string of the molecule is CCOc1c(Br)cc(C(=O)N2CCC(Cc3cnn(C)c3)C2)cc1OC. The first-order valence-electron chi connectivity index (χ1n) is 8.79. The second-order valence-electron chi connectivity index (χ2n) is 6.55. The fourth-order valence-corrected chi connectivity index (χ4v) is 3.96. The number of ether oxygens (including phenoxy) is 2. The van der Waals surface area contributed by atoms with Gasteiger partial charge in [0.15, 0.2) is 11.5 Å². The standard InChI is InChI=1S/C19H24BrN3O3/c1-4-26-18-16(20)8-15(9-17(18)25-3)19(24)23-6-5-13(12-23)7-14-10-21-22(2)11-14/h8-11,13H,4-7,12H2,1-3H3. The van der Waals surface area contributed by atoms with Gasteiger partial charge in [0.05, 0.1) is 24.4 Å². The Morgan fingerprint density at radius 3 is 2.88 bits per heavy atom. The quantitative estimate of drug-likeness (QED) is 0.717. The molecule has 1 fully saturated rings. The van der Waals surface area contributed by atoms with Crippen LogP contribution < -0.4 is 9.47 Å². The molecule has 3 rings (SSSR count). The normalized spacial score (nSPS) is 16.8. The maximum Gasteiger partial charge on any atom is 0.254 e. The number of carbonyl (C=O) groups is 1. The highest BCUT2D eigenvalue weighted by molar-refractivity contribution is 9.10. The van der Waals surface area contributed by atoms with E-state index in [0.717, 1.165) is 30.4 Å². The van der Waals surface area contributed by atoms with Gasteiger partial charge in [0.2, 0.25) is 0 Å². The van der Waals surface area contributed by atoms with Gasteiger partial charge in [-0.1, -0.05) is 0 Å². The van der Waals surface area contributed by atoms with Crippen LogP contribution in [0.3, 0.4) is 0 Å². The van der Waals surface area contributed by atoms with Crippen LogP contribution >= 0.6 is 15.9 Å². The molecule has 1 aliphatic heterocycles. The first-order chi connectivity index (χ1) is 12.5. The van der Waals surface area contributed by atoms with Crippen LogP contribution in [0.25, 0.3) is 0 Å². The molecule has 0 N–H and O–H groups in total. The Morgan fingerprint density at radius 2 is 2.23 bits per heavy atom. The average Bonchev–Trinajstić information content (AvgIpc) is 3.25. The van der Waals surface area contributed by atoms with Crippen molar-refractivity contribution in [2.24, 2.45) is 13.0 Å². The third-order valence-electron chi connectivity index (χ3n) is 4.62. The molecule has 1 aliphatic rings. The van der Waals surface area contributed by atoms with Gasteiger partial charge in [-0.15, -0.1) is 0 Å². The number of methoxy groups -OCH3 is 1. The third kappa shape index (κ3) is 4.03. The Hall–Kier alpha value is -2.02. The molecule has 2 aromatic rings. The Labute approximate surface area is 162 Å². The predicted octanol–water partition coefficient (Wildman–Crippen LogP) is 3.29. The maximum absolute atomic E-state index is 12.9. The monoisotopic (exact) mass is 421 g/mol. The zero-order valence-electron chi connectivity index (χ0n) is 15.4. The summed E-state index contributed by atoms with van der Waals surface area (Å²) >= 11 is 3.49. The molecular weight excluding hydrogens is 398 g/mol. The summed E-state index contributed by atoms with van der Waals surface area (Å²) in [6, 6.07) is 3.57. The Morgan fingerprint density at radius 1 is 1.42 bits per heavy atom. The molecule has 1 saturated heterocycles. The van der Waals surface area contributed by atoms with Crippen LogP contribution in [-0.4, -0.2) is 47.4 Å². The van der Waals surface area contributed by atoms with Crippen LogP contribution in [0.15, 0.2) is 29.0 Å². The molecule has 1 unspecified atom stereocenters. The Kier molecular flexibility index (Phi) is 5.86. The third-order valence-corrected chi connectivity index (χ3v) is 5.21. The topological polar surface area (TPSA) is 56.6 Å². The molecule has 1 aromatic heterocycles. The first kappa shape index (κ1) is 18.8. The zero-order chi connectivity index (χ0) is 18.7. The molecule has 1 amide bonds. The van der Waals surface area contributed by atoms with Gasteiger partial charge in [-0.25, -0.2) is 0 Å². The molecular formula is C19H24BrN3O3. The summed E-state index contributed by atoms with van der Waals surface area (Å²) in [6.07, 6.45) is 5.90. The molecule has 2 heterocycles. The van der Waals surface area contributed by atoms with E-state index in [0.29, 0.717) is 29.6 Å². The van der Waals surface area contributed by atoms with Crippen molar-refractivity contribution < 1.29 is 14.3 Å². The summed E-state index contributed by atoms with van der Waals surface area (Å²) < 4.78 is 13.5. The van der Waals surface area contributed by atoms with Crippen molar-refractivity contribution in [2.75, 3.05) is 26.8 Å². The number of halogens is 1. The number of benzene rings is 1. The molecule has 0 bridgehead atoms. The van der Waals surface area contributed by atoms with Crippen LogP contribution in [0.5, 0.6) is 11.5 Å². The van der Waals surface area contributed by atoms with Crippen LogP contribution in [0.4, 0.5) is 0 Å². The first-order valence-corrected chi connectivity index (χ1v) is 9.58. The number of amides is 1. The van der Waals surface area contributed by atoms with E-state index in [1.165, 1.54) is 5.56 Å². The number of aryl methyl sites for hydroxylation is 1. The Bertz CT molecular complexity index is 790. The molecule has 0 aliphatic carbocycles. The molecule has 7 heteroatoms. The molecule has 0 spiro atoms. The van der Waals surface area contributed by atoms with Crippen LogP contribution in [0.1, 0.15) is 29.3 Å². The van der Waals surface area contributed by atoms with Gasteiger partial charge < -0.3 is 14.4 Å². The number of aromatic nitrogens is 2. The summed E-state index contributed by atoms with van der Waals surface area (Å²) in [5.74, 6) is 1.69. The van der Waals surface area contributed by atoms with Gasteiger partial charge in [-0.3, -0.25) is 9.48 Å². The van der Waals surface area contributed by atoms with Gasteiger partial charge in [0, 0.05) is 31.9 Å². The number of likely N-dealkylation sites (tertiary alicyclic amines) is 1. The highest BCUT2D eigenvalue weighted by Crippen LogP contribution is 2.37. The summed E-state index contributed by atoms with van der Waals surface area (Å²) in [6.45, 7) is 3.99. The van der Waals surface area contributed by atoms with E-state index in [1.807, 2.05) is 42.0 Å². The Balaban J connectivity index is 1.70. The van der Waals surface area contributed by atoms with E-state index in [1.54, 1.807) is 13.2 Å². The minimum atomic E-state index is 0.0285. The summed E-state index contributed by atoms with van der Waals surface area (Å²) in [7, 11) is 3.50. The summed E-state index contributed by atoms with van der Waals surface area (Å²) in [4.78, 5) is 14.9. The van der Waals surface area contributed by atoms with Crippen molar-refractivity contribution in [3.05, 3.63) is 40.1 Å². The van der Waals surface area contributed by atoms with Crippen molar-refractivity contribution in [2.45, 2.75) is 19.8 Å². The second kappa shape index (κ2) is 8.12. The minimum absolute atomic E-state index is 0.0285. The van der Waals surface area contributed by atoms with Gasteiger partial charge in [0.25, 0.3) is 5.91 Å². The van der Waals surface area contributed by atoms with Crippen molar-refractivity contribution in [1.82, 2.24) is 14.7 Å². The molecule has 140 valence electrons. The summed E-state index contributed by atoms with van der Waals surface area (Å²) in [5.41, 5.74) is 1.83. The van der Waals surface area contributed by atoms with Gasteiger partial charge in [-0.05, 0) is 59.3 Å². The number of hydrogen-bond donors (Lipinski definition) is 0. The van der Waals surface area contributed by atoms with Crippen molar-refractivity contribution in [3.63, 3.8) is 0 Å². The number of rotatable bonds is 6. The molecule has 0 saturated carbocycles. The predicted molar refractivity (Wildman–Crippen MR) is 103 cm³/mol. The maximum atomic E-state index is 12.9. The molecule has 1 atom stereocenters. The van der Waals surface area contributed by atoms with Crippen molar-refractivity contribution >= 4 is 21.8 Å². The largest absolute Gasteiger partial charge is 0.493 e. The van der Waals surface area contributed by atoms with E-state index in [4.69, 9.17) is 9.47 Å². The van der Waals surface area contributed by atoms with Crippen LogP contribution in [0.2, 0.25) is 0 Å². The van der Waals surface area contributed by atoms with Gasteiger partial charge >= 0.3 is 0 Å². The van der Waals surface area contributed by atoms with E-state index in [2.05, 4.69) is 21.0 Å². The van der Waals surface area contributed by atoms with Gasteiger partial charge in [0.1, 0.15) is 0 Å². The molecule has 6 nitrogen and oxygen atoms in total. The number of carbonyl (C=O) groups excluding carboxylic acids is 1. The fraction of sp³-hybridized carbons (Fsp3) is 0.474. The lowest BCUT2D eigenvalue weighted by Crippen LogP contribution is -2.29. The lowest BCUT2D eigenvalue weighted by atomic mass is 10.0. The van der Waals surface area contributed by atoms with E-state index in [-0.39, 0.29) is 5.91 Å². The van der Waals surface area contributed by atoms with E-state index in [9.17, 15) is 4.79 Å². The number of hydrogen-bond acceptors (Lipinski definition) is 4.